The first-order valence-electron chi connectivity index (χ1n) is 11.3. The fraction of sp³-hybridized carbons (Fsp3) is 0.179. The zero-order valence-corrected chi connectivity index (χ0v) is 19.7. The first-order chi connectivity index (χ1) is 16.9. The molecular formula is C28H26BN3O3. The Morgan fingerprint density at radius 2 is 1.80 bits per heavy atom. The molecule has 0 spiro atoms. The molecule has 0 unspecified atom stereocenters. The largest absolute Gasteiger partial charge is 0.457 e. The molecule has 1 aromatic heterocycles. The van der Waals surface area contributed by atoms with Gasteiger partial charge in [0.15, 0.2) is 0 Å². The third kappa shape index (κ3) is 5.58. The number of fused-ring (bicyclic) bond motifs is 1. The summed E-state index contributed by atoms with van der Waals surface area (Å²) in [7, 11) is 5.90. The molecule has 0 bridgehead atoms. The lowest BCUT2D eigenvalue weighted by atomic mass is 9.95. The summed E-state index contributed by atoms with van der Waals surface area (Å²) >= 11 is 0. The molecule has 0 saturated heterocycles. The Morgan fingerprint density at radius 1 is 1.03 bits per heavy atom. The van der Waals surface area contributed by atoms with Crippen molar-refractivity contribution in [3.63, 3.8) is 0 Å². The molecule has 3 aromatic carbocycles. The number of carbonyl (C=O) groups is 2. The van der Waals surface area contributed by atoms with Crippen LogP contribution in [-0.2, 0) is 16.1 Å². The van der Waals surface area contributed by atoms with E-state index in [1.807, 2.05) is 68.4 Å². The van der Waals surface area contributed by atoms with Crippen LogP contribution in [-0.4, -0.2) is 31.3 Å². The Balaban J connectivity index is 1.40. The lowest BCUT2D eigenvalue weighted by Gasteiger charge is -2.16. The molecule has 1 atom stereocenters. The van der Waals surface area contributed by atoms with Crippen LogP contribution in [0.2, 0.25) is 0 Å². The van der Waals surface area contributed by atoms with E-state index in [0.29, 0.717) is 16.8 Å². The maximum atomic E-state index is 13.0. The maximum absolute atomic E-state index is 13.0. The first-order valence-corrected chi connectivity index (χ1v) is 11.3. The Labute approximate surface area is 205 Å². The molecule has 0 saturated carbocycles. The number of rotatable bonds is 7. The van der Waals surface area contributed by atoms with E-state index in [1.54, 1.807) is 18.3 Å². The van der Waals surface area contributed by atoms with Crippen molar-refractivity contribution in [1.29, 1.82) is 0 Å². The van der Waals surface area contributed by atoms with Gasteiger partial charge in [-0.2, -0.15) is 0 Å². The van der Waals surface area contributed by atoms with Crippen molar-refractivity contribution in [3.8, 4) is 0 Å². The van der Waals surface area contributed by atoms with Gasteiger partial charge in [0.25, 0.3) is 0 Å². The van der Waals surface area contributed by atoms with Crippen LogP contribution in [0.5, 0.6) is 0 Å². The average Bonchev–Trinajstić information content (AvgIpc) is 2.84. The molecule has 174 valence electrons. The predicted molar refractivity (Wildman–Crippen MR) is 139 cm³/mol. The van der Waals surface area contributed by atoms with E-state index in [4.69, 9.17) is 18.3 Å². The van der Waals surface area contributed by atoms with Crippen molar-refractivity contribution in [1.82, 2.24) is 4.98 Å². The van der Waals surface area contributed by atoms with Gasteiger partial charge < -0.3 is 15.8 Å². The zero-order chi connectivity index (χ0) is 24.9. The van der Waals surface area contributed by atoms with Gasteiger partial charge in [-0.05, 0) is 71.2 Å². The quantitative estimate of drug-likeness (QED) is 0.322. The molecule has 35 heavy (non-hydrogen) atoms. The van der Waals surface area contributed by atoms with Crippen LogP contribution in [0.15, 0.2) is 72.9 Å². The van der Waals surface area contributed by atoms with E-state index in [0.717, 1.165) is 33.0 Å². The van der Waals surface area contributed by atoms with Gasteiger partial charge in [0.2, 0.25) is 5.91 Å². The van der Waals surface area contributed by atoms with E-state index in [1.165, 1.54) is 0 Å². The number of hydrogen-bond donors (Lipinski definition) is 2. The summed E-state index contributed by atoms with van der Waals surface area (Å²) < 4.78 is 5.48. The van der Waals surface area contributed by atoms with Crippen molar-refractivity contribution in [2.45, 2.75) is 26.4 Å². The van der Waals surface area contributed by atoms with E-state index >= 15 is 0 Å². The van der Waals surface area contributed by atoms with E-state index in [2.05, 4.69) is 10.3 Å². The molecule has 2 radical (unpaired) electrons. The van der Waals surface area contributed by atoms with Crippen LogP contribution in [0.4, 0.5) is 5.69 Å². The second-order valence-corrected chi connectivity index (χ2v) is 8.55. The number of benzene rings is 3. The van der Waals surface area contributed by atoms with E-state index in [-0.39, 0.29) is 25.0 Å². The monoisotopic (exact) mass is 463 g/mol. The van der Waals surface area contributed by atoms with Gasteiger partial charge >= 0.3 is 5.97 Å². The van der Waals surface area contributed by atoms with Gasteiger partial charge in [-0.3, -0.25) is 9.78 Å². The van der Waals surface area contributed by atoms with Crippen molar-refractivity contribution >= 4 is 41.8 Å². The van der Waals surface area contributed by atoms with E-state index < -0.39 is 5.92 Å². The number of esters is 1. The number of aryl methyl sites for hydroxylation is 2. The Kier molecular flexibility index (Phi) is 7.27. The van der Waals surface area contributed by atoms with Crippen LogP contribution < -0.4 is 16.6 Å². The minimum atomic E-state index is -0.528. The summed E-state index contributed by atoms with van der Waals surface area (Å²) in [5.74, 6) is -1.10. The Hall–Kier alpha value is -3.97. The topological polar surface area (TPSA) is 94.3 Å². The number of nitrogens with one attached hydrogen (secondary N) is 1. The van der Waals surface area contributed by atoms with Crippen LogP contribution >= 0.6 is 0 Å². The molecule has 6 nitrogen and oxygen atoms in total. The molecule has 4 rings (SSSR count). The van der Waals surface area contributed by atoms with Crippen molar-refractivity contribution < 1.29 is 14.3 Å². The maximum Gasteiger partial charge on any atom is 0.338 e. The number of anilines is 1. The molecule has 4 aromatic rings. The Bertz CT molecular complexity index is 1390. The number of nitrogens with zero attached hydrogens (tertiary/aromatic N) is 1. The molecule has 7 heteroatoms. The molecule has 0 aliphatic rings. The van der Waals surface area contributed by atoms with Crippen LogP contribution in [0.3, 0.4) is 0 Å². The average molecular weight is 463 g/mol. The number of aromatic nitrogens is 1. The lowest BCUT2D eigenvalue weighted by Crippen LogP contribution is -2.27. The smallest absolute Gasteiger partial charge is 0.338 e. The molecule has 3 N–H and O–H groups in total. The molecule has 0 aliphatic heterocycles. The highest BCUT2D eigenvalue weighted by atomic mass is 16.5. The van der Waals surface area contributed by atoms with Crippen molar-refractivity contribution in [3.05, 3.63) is 101 Å². The van der Waals surface area contributed by atoms with Crippen molar-refractivity contribution in [2.24, 2.45) is 5.73 Å². The Morgan fingerprint density at radius 3 is 2.51 bits per heavy atom. The SMILES string of the molecule is [B]c1nccc2cc(NC(=O)[C@H](CN)c3ccc(COC(=O)c4ccc(C)cc4C)cc3)ccc12. The fourth-order valence-corrected chi connectivity index (χ4v) is 4.02. The summed E-state index contributed by atoms with van der Waals surface area (Å²) in [5, 5.41) is 4.65. The third-order valence-electron chi connectivity index (χ3n) is 5.97. The number of ether oxygens (including phenoxy) is 1. The summed E-state index contributed by atoms with van der Waals surface area (Å²) in [6, 6.07) is 20.3. The highest BCUT2D eigenvalue weighted by Crippen LogP contribution is 2.22. The van der Waals surface area contributed by atoms with Gasteiger partial charge in [-0.25, -0.2) is 4.79 Å². The third-order valence-corrected chi connectivity index (χ3v) is 5.97. The number of nitrogens with two attached hydrogens (primary N) is 1. The number of carbonyl (C=O) groups excluding carboxylic acids is 2. The standard InChI is InChI=1S/C28H26BN3O3/c1-17-3-9-23(18(2)13-17)28(34)35-16-19-4-6-20(7-5-19)25(15-30)27(33)32-22-8-10-24-21(14-22)11-12-31-26(24)29/h3-14,25H,15-16,30H2,1-2H3,(H,32,33)/t25-/m1/s1. The number of pyridine rings is 1. The lowest BCUT2D eigenvalue weighted by molar-refractivity contribution is -0.117. The van der Waals surface area contributed by atoms with Crippen LogP contribution in [0.1, 0.15) is 38.5 Å². The molecule has 1 heterocycles. The summed E-state index contributed by atoms with van der Waals surface area (Å²) in [6.07, 6.45) is 1.63. The fourth-order valence-electron chi connectivity index (χ4n) is 4.02. The second kappa shape index (κ2) is 10.5. The first kappa shape index (κ1) is 24.2. The van der Waals surface area contributed by atoms with Gasteiger partial charge in [-0.15, -0.1) is 0 Å². The molecule has 0 aliphatic carbocycles. The van der Waals surface area contributed by atoms with Crippen LogP contribution in [0.25, 0.3) is 10.8 Å². The van der Waals surface area contributed by atoms with E-state index in [9.17, 15) is 9.59 Å². The summed E-state index contributed by atoms with van der Waals surface area (Å²) in [6.45, 7) is 4.16. The minimum absolute atomic E-state index is 0.140. The molecule has 1 amide bonds. The predicted octanol–water partition coefficient (Wildman–Crippen LogP) is 3.68. The summed E-state index contributed by atoms with van der Waals surface area (Å²) in [5.41, 5.74) is 11.2. The highest BCUT2D eigenvalue weighted by Gasteiger charge is 2.20. The number of hydrogen-bond acceptors (Lipinski definition) is 5. The molecular weight excluding hydrogens is 437 g/mol. The van der Waals surface area contributed by atoms with Gasteiger partial charge in [0.1, 0.15) is 14.5 Å². The van der Waals surface area contributed by atoms with Crippen molar-refractivity contribution in [2.75, 3.05) is 11.9 Å². The number of amides is 1. The van der Waals surface area contributed by atoms with Gasteiger partial charge in [0.05, 0.1) is 11.5 Å². The minimum Gasteiger partial charge on any atom is -0.457 e. The molecule has 0 fully saturated rings. The normalized spacial score (nSPS) is 11.7. The van der Waals surface area contributed by atoms with Crippen LogP contribution in [0, 0.1) is 13.8 Å². The second-order valence-electron chi connectivity index (χ2n) is 8.55. The van der Waals surface area contributed by atoms with Gasteiger partial charge in [0, 0.05) is 18.4 Å². The van der Waals surface area contributed by atoms with Gasteiger partial charge in [-0.1, -0.05) is 48.0 Å². The summed E-state index contributed by atoms with van der Waals surface area (Å²) in [4.78, 5) is 29.5. The zero-order valence-electron chi connectivity index (χ0n) is 19.7. The highest BCUT2D eigenvalue weighted by molar-refractivity contribution is 6.37.